The first-order valence-corrected chi connectivity index (χ1v) is 11.2. The van der Waals surface area contributed by atoms with Gasteiger partial charge >= 0.3 is 6.18 Å². The molecule has 2 unspecified atom stereocenters. The number of alkyl halides is 3. The van der Waals surface area contributed by atoms with E-state index in [1.165, 1.54) is 4.90 Å². The van der Waals surface area contributed by atoms with Crippen LogP contribution in [-0.2, 0) is 16.6 Å². The van der Waals surface area contributed by atoms with Crippen molar-refractivity contribution in [2.45, 2.75) is 57.3 Å². The molecule has 10 heteroatoms. The summed E-state index contributed by atoms with van der Waals surface area (Å²) >= 11 is 17.9. The number of aliphatic hydroxyl groups excluding tert-OH is 1. The molecule has 0 aliphatic carbocycles. The van der Waals surface area contributed by atoms with Gasteiger partial charge in [0.1, 0.15) is 23.2 Å². The molecular weight excluding hydrogens is 488 g/mol. The molecule has 1 aromatic carbocycles. The second-order valence-electron chi connectivity index (χ2n) is 7.85. The normalized spacial score (nSPS) is 21.3. The smallest absolute Gasteiger partial charge is 0.372 e. The first kappa shape index (κ1) is 25.1. The molecule has 0 amide bonds. The van der Waals surface area contributed by atoms with Crippen LogP contribution in [0.25, 0.3) is 0 Å². The van der Waals surface area contributed by atoms with E-state index in [-0.39, 0.29) is 38.8 Å². The van der Waals surface area contributed by atoms with E-state index >= 15 is 0 Å². The monoisotopic (exact) mass is 508 g/mol. The first-order valence-electron chi connectivity index (χ1n) is 10.1. The number of Topliss-reactive ketones (excluding diaryl/α,β-unsaturated/α-hetero) is 1. The minimum Gasteiger partial charge on any atom is -0.372 e. The summed E-state index contributed by atoms with van der Waals surface area (Å²) in [6.45, 7) is 3.44. The number of aliphatic hydroxyl groups is 1. The van der Waals surface area contributed by atoms with Gasteiger partial charge in [0, 0.05) is 25.1 Å². The van der Waals surface area contributed by atoms with Gasteiger partial charge in [-0.05, 0) is 49.1 Å². The van der Waals surface area contributed by atoms with Crippen molar-refractivity contribution in [3.8, 4) is 0 Å². The third-order valence-corrected chi connectivity index (χ3v) is 7.23. The van der Waals surface area contributed by atoms with E-state index in [2.05, 4.69) is 4.98 Å². The van der Waals surface area contributed by atoms with E-state index in [1.807, 2.05) is 0 Å². The summed E-state index contributed by atoms with van der Waals surface area (Å²) in [5.41, 5.74) is -1.44. The molecule has 2 aromatic rings. The predicted octanol–water partition coefficient (Wildman–Crippen LogP) is 6.29. The molecule has 1 aromatic heterocycles. The highest BCUT2D eigenvalue weighted by Gasteiger charge is 2.65. The molecule has 1 fully saturated rings. The lowest BCUT2D eigenvalue weighted by atomic mass is 9.77. The van der Waals surface area contributed by atoms with Crippen LogP contribution in [0.2, 0.25) is 15.1 Å². The summed E-state index contributed by atoms with van der Waals surface area (Å²) in [5, 5.41) is 10.7. The van der Waals surface area contributed by atoms with Gasteiger partial charge in [0.2, 0.25) is 0 Å². The molecule has 32 heavy (non-hydrogen) atoms. The van der Waals surface area contributed by atoms with E-state index < -0.39 is 24.2 Å². The number of aromatic nitrogens is 1. The fraction of sp³-hybridized carbons (Fsp3) is 0.455. The fourth-order valence-corrected chi connectivity index (χ4v) is 4.66. The fourth-order valence-electron chi connectivity index (χ4n) is 4.06. The topological polar surface area (TPSA) is 53.4 Å². The molecule has 1 aliphatic heterocycles. The van der Waals surface area contributed by atoms with Gasteiger partial charge in [-0.3, -0.25) is 4.79 Å². The average molecular weight is 510 g/mol. The summed E-state index contributed by atoms with van der Waals surface area (Å²) in [4.78, 5) is 17.2. The molecule has 3 rings (SSSR count). The van der Waals surface area contributed by atoms with Crippen molar-refractivity contribution < 1.29 is 23.1 Å². The molecule has 0 bridgehead atoms. The second-order valence-corrected chi connectivity index (χ2v) is 9.04. The van der Waals surface area contributed by atoms with Gasteiger partial charge in [0.15, 0.2) is 0 Å². The number of benzene rings is 1. The first-order chi connectivity index (χ1) is 14.9. The van der Waals surface area contributed by atoms with Crippen LogP contribution in [0.4, 0.5) is 19.0 Å². The van der Waals surface area contributed by atoms with Crippen molar-refractivity contribution >= 4 is 46.4 Å². The second kappa shape index (κ2) is 9.37. The molecule has 0 radical (unpaired) electrons. The Bertz CT molecular complexity index is 1010. The summed E-state index contributed by atoms with van der Waals surface area (Å²) in [7, 11) is 0. The van der Waals surface area contributed by atoms with Crippen LogP contribution in [0.3, 0.4) is 0 Å². The third kappa shape index (κ3) is 4.45. The maximum absolute atomic E-state index is 14.4. The lowest BCUT2D eigenvalue weighted by Gasteiger charge is -2.37. The average Bonchev–Trinajstić information content (AvgIpc) is 3.08. The van der Waals surface area contributed by atoms with E-state index in [9.17, 15) is 23.1 Å². The maximum atomic E-state index is 14.4. The van der Waals surface area contributed by atoms with Gasteiger partial charge in [-0.1, -0.05) is 47.8 Å². The zero-order chi connectivity index (χ0) is 23.8. The molecule has 4 nitrogen and oxygen atoms in total. The number of pyridine rings is 1. The van der Waals surface area contributed by atoms with Crippen molar-refractivity contribution in [1.82, 2.24) is 4.98 Å². The molecule has 2 atom stereocenters. The Hall–Kier alpha value is -1.54. The summed E-state index contributed by atoms with van der Waals surface area (Å²) < 4.78 is 43.2. The summed E-state index contributed by atoms with van der Waals surface area (Å²) in [6, 6.07) is 5.50. The predicted molar refractivity (Wildman–Crippen MR) is 120 cm³/mol. The minimum atomic E-state index is -4.79. The number of carbonyl (C=O) groups excluding carboxylic acids is 1. The maximum Gasteiger partial charge on any atom is 0.402 e. The van der Waals surface area contributed by atoms with Gasteiger partial charge in [-0.15, -0.1) is 0 Å². The number of aryl methyl sites for hydroxylation is 2. The Labute approximate surface area is 199 Å². The van der Waals surface area contributed by atoms with Crippen molar-refractivity contribution in [3.05, 3.63) is 56.2 Å². The number of rotatable bonds is 6. The Morgan fingerprint density at radius 2 is 1.88 bits per heavy atom. The van der Waals surface area contributed by atoms with Gasteiger partial charge in [-0.25, -0.2) is 4.98 Å². The zero-order valence-corrected chi connectivity index (χ0v) is 19.7. The summed E-state index contributed by atoms with van der Waals surface area (Å²) in [6.07, 6.45) is -5.84. The van der Waals surface area contributed by atoms with Crippen molar-refractivity contribution in [3.63, 3.8) is 0 Å². The van der Waals surface area contributed by atoms with Gasteiger partial charge < -0.3 is 10.0 Å². The number of anilines is 1. The zero-order valence-electron chi connectivity index (χ0n) is 17.4. The highest BCUT2D eigenvalue weighted by atomic mass is 35.5. The van der Waals surface area contributed by atoms with Crippen LogP contribution in [0.15, 0.2) is 24.3 Å². The largest absolute Gasteiger partial charge is 0.402 e. The number of halogens is 6. The van der Waals surface area contributed by atoms with Crippen molar-refractivity contribution in [2.24, 2.45) is 0 Å². The van der Waals surface area contributed by atoms with Crippen LogP contribution in [-0.4, -0.2) is 34.8 Å². The Morgan fingerprint density at radius 1 is 1.25 bits per heavy atom. The minimum absolute atomic E-state index is 0.0480. The highest BCUT2D eigenvalue weighted by Crippen LogP contribution is 2.53. The van der Waals surface area contributed by atoms with E-state index in [4.69, 9.17) is 34.8 Å². The van der Waals surface area contributed by atoms with Crippen molar-refractivity contribution in [1.29, 1.82) is 0 Å². The van der Waals surface area contributed by atoms with Crippen molar-refractivity contribution in [2.75, 3.05) is 11.4 Å². The highest BCUT2D eigenvalue weighted by molar-refractivity contribution is 6.48. The lowest BCUT2D eigenvalue weighted by molar-refractivity contribution is -0.210. The molecular formula is C22H22Cl3F3N2O2. The molecule has 0 spiro atoms. The van der Waals surface area contributed by atoms with Gasteiger partial charge in [-0.2, -0.15) is 13.2 Å². The third-order valence-electron chi connectivity index (χ3n) is 6.03. The molecule has 1 saturated heterocycles. The number of ketones is 1. The van der Waals surface area contributed by atoms with Crippen LogP contribution < -0.4 is 4.90 Å². The molecule has 174 valence electrons. The quantitative estimate of drug-likeness (QED) is 0.465. The Kier molecular flexibility index (Phi) is 7.35. The van der Waals surface area contributed by atoms with Crippen LogP contribution in [0, 0.1) is 6.92 Å². The number of hydrogen-bond acceptors (Lipinski definition) is 4. The molecule has 2 heterocycles. The lowest BCUT2D eigenvalue weighted by Crippen LogP contribution is -2.52. The van der Waals surface area contributed by atoms with E-state index in [1.54, 1.807) is 26.0 Å². The van der Waals surface area contributed by atoms with Crippen LogP contribution >= 0.6 is 34.8 Å². The molecule has 1 aliphatic rings. The van der Waals surface area contributed by atoms with Gasteiger partial charge in [0.05, 0.1) is 15.1 Å². The number of nitrogens with zero attached hydrogens (tertiary/aromatic N) is 2. The SMILES string of the molecule is CCC(=O)CCc1ccc(N2CCC(c3cc(Cl)c(Cl)c(Cl)c3)(C(F)(F)F)C2O)nc1C. The Morgan fingerprint density at radius 3 is 2.41 bits per heavy atom. The van der Waals surface area contributed by atoms with Crippen LogP contribution in [0.1, 0.15) is 43.0 Å². The number of carbonyl (C=O) groups is 1. The Balaban J connectivity index is 1.97. The molecule has 1 N–H and O–H groups in total. The number of hydrogen-bond donors (Lipinski definition) is 1. The summed E-state index contributed by atoms with van der Waals surface area (Å²) in [5.74, 6) is 0.344. The van der Waals surface area contributed by atoms with E-state index in [0.29, 0.717) is 25.0 Å². The van der Waals surface area contributed by atoms with Gasteiger partial charge in [0.25, 0.3) is 0 Å². The van der Waals surface area contributed by atoms with E-state index in [0.717, 1.165) is 17.7 Å². The standard InChI is InChI=1S/C22H22Cl3F3N2O2/c1-3-15(31)6-4-13-5-7-18(29-12(13)2)30-9-8-21(20(30)32,22(26,27)28)14-10-16(23)19(25)17(24)11-14/h5,7,10-11,20,32H,3-4,6,8-9H2,1-2H3. The molecule has 0 saturated carbocycles. The van der Waals surface area contributed by atoms with Crippen LogP contribution in [0.5, 0.6) is 0 Å².